The summed E-state index contributed by atoms with van der Waals surface area (Å²) in [6.45, 7) is 7.11. The molecule has 1 aromatic rings. The molecule has 1 aromatic carbocycles. The van der Waals surface area contributed by atoms with E-state index >= 15 is 0 Å². The lowest BCUT2D eigenvalue weighted by atomic mass is 9.95. The largest absolute Gasteiger partial charge is 0.444 e. The van der Waals surface area contributed by atoms with E-state index < -0.39 is 21.4 Å². The van der Waals surface area contributed by atoms with Gasteiger partial charge in [0.05, 0.1) is 0 Å². The van der Waals surface area contributed by atoms with Crippen molar-refractivity contribution in [3.63, 3.8) is 0 Å². The van der Waals surface area contributed by atoms with Crippen molar-refractivity contribution in [2.75, 3.05) is 39.3 Å². The van der Waals surface area contributed by atoms with Gasteiger partial charge >= 0.3 is 6.09 Å². The predicted molar refractivity (Wildman–Crippen MR) is 112 cm³/mol. The zero-order valence-corrected chi connectivity index (χ0v) is 19.0. The van der Waals surface area contributed by atoms with Gasteiger partial charge in [0.2, 0.25) is 15.9 Å². The number of halogens is 1. The van der Waals surface area contributed by atoms with Gasteiger partial charge < -0.3 is 14.5 Å². The van der Waals surface area contributed by atoms with Gasteiger partial charge in [0.15, 0.2) is 0 Å². The molecule has 0 N–H and O–H groups in total. The number of rotatable bonds is 3. The van der Waals surface area contributed by atoms with Gasteiger partial charge in [-0.25, -0.2) is 17.6 Å². The molecule has 8 nitrogen and oxygen atoms in total. The molecule has 0 saturated carbocycles. The Morgan fingerprint density at radius 3 is 2.10 bits per heavy atom. The molecule has 0 spiro atoms. The third-order valence-electron chi connectivity index (χ3n) is 5.50. The van der Waals surface area contributed by atoms with Gasteiger partial charge in [0, 0.05) is 45.2 Å². The van der Waals surface area contributed by atoms with Crippen molar-refractivity contribution in [3.05, 3.63) is 30.1 Å². The second-order valence-corrected chi connectivity index (χ2v) is 10.8. The Bertz CT molecular complexity index is 915. The Morgan fingerprint density at radius 1 is 0.968 bits per heavy atom. The molecule has 2 amide bonds. The molecule has 10 heteroatoms. The lowest BCUT2D eigenvalue weighted by Gasteiger charge is -2.38. The van der Waals surface area contributed by atoms with Crippen molar-refractivity contribution < 1.29 is 27.1 Å². The van der Waals surface area contributed by atoms with E-state index in [2.05, 4.69) is 0 Å². The van der Waals surface area contributed by atoms with Crippen LogP contribution in [0.1, 0.15) is 33.6 Å². The second kappa shape index (κ2) is 9.12. The van der Waals surface area contributed by atoms with Gasteiger partial charge in [0.25, 0.3) is 0 Å². The molecule has 172 valence electrons. The third kappa shape index (κ3) is 5.54. The maximum atomic E-state index is 14.0. The smallest absolute Gasteiger partial charge is 0.410 e. The number of hydrogen-bond donors (Lipinski definition) is 0. The van der Waals surface area contributed by atoms with Crippen LogP contribution < -0.4 is 0 Å². The van der Waals surface area contributed by atoms with E-state index in [4.69, 9.17) is 4.74 Å². The van der Waals surface area contributed by atoms with Crippen LogP contribution in [0, 0.1) is 11.7 Å². The van der Waals surface area contributed by atoms with Crippen LogP contribution in [0.4, 0.5) is 9.18 Å². The molecule has 2 heterocycles. The summed E-state index contributed by atoms with van der Waals surface area (Å²) in [5, 5.41) is 0. The van der Waals surface area contributed by atoms with E-state index in [1.165, 1.54) is 22.5 Å². The first kappa shape index (κ1) is 23.5. The van der Waals surface area contributed by atoms with Crippen LogP contribution in [0.15, 0.2) is 29.2 Å². The number of benzene rings is 1. The molecule has 2 aliphatic heterocycles. The first-order chi connectivity index (χ1) is 14.5. The summed E-state index contributed by atoms with van der Waals surface area (Å²) < 4.78 is 46.0. The molecule has 2 saturated heterocycles. The Labute approximate surface area is 183 Å². The van der Waals surface area contributed by atoms with Gasteiger partial charge in [-0.05, 0) is 45.7 Å². The van der Waals surface area contributed by atoms with Crippen molar-refractivity contribution in [2.45, 2.75) is 44.1 Å². The molecule has 0 atom stereocenters. The second-order valence-electron chi connectivity index (χ2n) is 8.90. The van der Waals surface area contributed by atoms with E-state index in [9.17, 15) is 22.4 Å². The highest BCUT2D eigenvalue weighted by molar-refractivity contribution is 7.89. The van der Waals surface area contributed by atoms with Crippen LogP contribution in [-0.2, 0) is 19.6 Å². The molecular formula is C21H30FN3O5S. The topological polar surface area (TPSA) is 87.2 Å². The van der Waals surface area contributed by atoms with Crippen molar-refractivity contribution >= 4 is 22.0 Å². The molecular weight excluding hydrogens is 425 g/mol. The molecule has 3 rings (SSSR count). The number of nitrogens with zero attached hydrogens (tertiary/aromatic N) is 3. The average molecular weight is 456 g/mol. The number of sulfonamides is 1. The SMILES string of the molecule is CC(C)(C)OC(=O)N1CCC(C(=O)N2CCN(S(=O)(=O)c3ccccc3F)CC2)CC1. The van der Waals surface area contributed by atoms with Gasteiger partial charge in [-0.3, -0.25) is 4.79 Å². The number of piperidine rings is 1. The minimum absolute atomic E-state index is 0.0215. The lowest BCUT2D eigenvalue weighted by molar-refractivity contribution is -0.138. The Balaban J connectivity index is 1.52. The standard InChI is InChI=1S/C21H30FN3O5S/c1-21(2,3)30-20(27)24-10-8-16(9-11-24)19(26)23-12-14-25(15-13-23)31(28,29)18-7-5-4-6-17(18)22/h4-7,16H,8-15H2,1-3H3. The third-order valence-corrected chi connectivity index (χ3v) is 7.43. The number of carbonyl (C=O) groups excluding carboxylic acids is 2. The number of hydrogen-bond acceptors (Lipinski definition) is 5. The van der Waals surface area contributed by atoms with Crippen LogP contribution in [0.25, 0.3) is 0 Å². The molecule has 2 aliphatic rings. The quantitative estimate of drug-likeness (QED) is 0.698. The van der Waals surface area contributed by atoms with Gasteiger partial charge in [0.1, 0.15) is 16.3 Å². The maximum Gasteiger partial charge on any atom is 0.410 e. The zero-order valence-electron chi connectivity index (χ0n) is 18.2. The van der Waals surface area contributed by atoms with Crippen LogP contribution in [0.5, 0.6) is 0 Å². The Kier molecular flexibility index (Phi) is 6.90. The number of carbonyl (C=O) groups is 2. The summed E-state index contributed by atoms with van der Waals surface area (Å²) >= 11 is 0. The maximum absolute atomic E-state index is 14.0. The summed E-state index contributed by atoms with van der Waals surface area (Å²) in [5.41, 5.74) is -0.563. The lowest BCUT2D eigenvalue weighted by Crippen LogP contribution is -2.53. The first-order valence-corrected chi connectivity index (χ1v) is 11.9. The van der Waals surface area contributed by atoms with E-state index in [-0.39, 0.29) is 49.0 Å². The first-order valence-electron chi connectivity index (χ1n) is 10.5. The summed E-state index contributed by atoms with van der Waals surface area (Å²) in [6, 6.07) is 5.30. The molecule has 0 unspecified atom stereocenters. The fourth-order valence-corrected chi connectivity index (χ4v) is 5.32. The minimum Gasteiger partial charge on any atom is -0.444 e. The highest BCUT2D eigenvalue weighted by Gasteiger charge is 2.35. The molecule has 0 radical (unpaired) electrons. The van der Waals surface area contributed by atoms with Crippen molar-refractivity contribution in [3.8, 4) is 0 Å². The van der Waals surface area contributed by atoms with Gasteiger partial charge in [-0.1, -0.05) is 12.1 Å². The molecule has 0 aliphatic carbocycles. The van der Waals surface area contributed by atoms with E-state index in [1.807, 2.05) is 20.8 Å². The van der Waals surface area contributed by atoms with Crippen molar-refractivity contribution in [1.29, 1.82) is 0 Å². The summed E-state index contributed by atoms with van der Waals surface area (Å²) in [7, 11) is -3.94. The number of likely N-dealkylation sites (tertiary alicyclic amines) is 1. The normalized spacial score (nSPS) is 19.4. The van der Waals surface area contributed by atoms with Crippen molar-refractivity contribution in [1.82, 2.24) is 14.1 Å². The highest BCUT2D eigenvalue weighted by Crippen LogP contribution is 2.24. The fourth-order valence-electron chi connectivity index (χ4n) is 3.84. The number of piperazine rings is 1. The summed E-state index contributed by atoms with van der Waals surface area (Å²) in [5.74, 6) is -1.00. The fraction of sp³-hybridized carbons (Fsp3) is 0.619. The molecule has 0 aromatic heterocycles. The van der Waals surface area contributed by atoms with Crippen LogP contribution in [0.2, 0.25) is 0 Å². The highest BCUT2D eigenvalue weighted by atomic mass is 32.2. The predicted octanol–water partition coefficient (Wildman–Crippen LogP) is 2.31. The Hall–Kier alpha value is -2.20. The average Bonchev–Trinajstić information content (AvgIpc) is 2.72. The zero-order chi connectivity index (χ0) is 22.8. The van der Waals surface area contributed by atoms with Gasteiger partial charge in [-0.2, -0.15) is 4.31 Å². The number of amides is 2. The number of ether oxygens (including phenoxy) is 1. The Morgan fingerprint density at radius 2 is 1.55 bits per heavy atom. The van der Waals surface area contributed by atoms with Crippen LogP contribution in [0.3, 0.4) is 0 Å². The molecule has 0 bridgehead atoms. The molecule has 2 fully saturated rings. The van der Waals surface area contributed by atoms with Crippen LogP contribution >= 0.6 is 0 Å². The van der Waals surface area contributed by atoms with Gasteiger partial charge in [-0.15, -0.1) is 0 Å². The van der Waals surface area contributed by atoms with Crippen molar-refractivity contribution in [2.24, 2.45) is 5.92 Å². The minimum atomic E-state index is -3.94. The van der Waals surface area contributed by atoms with Crippen LogP contribution in [-0.4, -0.2) is 79.4 Å². The van der Waals surface area contributed by atoms with E-state index in [1.54, 1.807) is 9.80 Å². The molecule has 31 heavy (non-hydrogen) atoms. The monoisotopic (exact) mass is 455 g/mol. The summed E-state index contributed by atoms with van der Waals surface area (Å²) in [6.07, 6.45) is 0.725. The van der Waals surface area contributed by atoms with E-state index in [0.717, 1.165) is 6.07 Å². The summed E-state index contributed by atoms with van der Waals surface area (Å²) in [4.78, 5) is 28.0. The van der Waals surface area contributed by atoms with E-state index in [0.29, 0.717) is 25.9 Å².